The van der Waals surface area contributed by atoms with Crippen molar-refractivity contribution in [2.24, 2.45) is 0 Å². The van der Waals surface area contributed by atoms with Gasteiger partial charge in [0.25, 0.3) is 0 Å². The van der Waals surface area contributed by atoms with Gasteiger partial charge in [0.15, 0.2) is 5.65 Å². The molecule has 2 aromatic heterocycles. The Labute approximate surface area is 181 Å². The summed E-state index contributed by atoms with van der Waals surface area (Å²) in [5, 5.41) is 4.52. The molecule has 5 rings (SSSR count). The summed E-state index contributed by atoms with van der Waals surface area (Å²) in [7, 11) is 1.67. The highest BCUT2D eigenvalue weighted by Crippen LogP contribution is 2.35. The SMILES string of the molecule is COc1ccc(CNc2ncnc3c2c(-c2ccccc2)cn3-c2ccccc2)cc1. The van der Waals surface area contributed by atoms with Gasteiger partial charge in [0.2, 0.25) is 0 Å². The highest BCUT2D eigenvalue weighted by molar-refractivity contribution is 6.02. The predicted molar refractivity (Wildman–Crippen MR) is 125 cm³/mol. The number of nitrogens with zero attached hydrogens (tertiary/aromatic N) is 3. The zero-order chi connectivity index (χ0) is 21.0. The van der Waals surface area contributed by atoms with Crippen LogP contribution < -0.4 is 10.1 Å². The first-order valence-corrected chi connectivity index (χ1v) is 10.2. The molecule has 0 radical (unpaired) electrons. The van der Waals surface area contributed by atoms with E-state index in [1.807, 2.05) is 36.4 Å². The Balaban J connectivity index is 1.60. The third kappa shape index (κ3) is 3.73. The molecule has 5 aromatic rings. The van der Waals surface area contributed by atoms with Gasteiger partial charge >= 0.3 is 0 Å². The Morgan fingerprint density at radius 2 is 1.55 bits per heavy atom. The fourth-order valence-corrected chi connectivity index (χ4v) is 3.75. The van der Waals surface area contributed by atoms with Crippen LogP contribution in [-0.4, -0.2) is 21.6 Å². The lowest BCUT2D eigenvalue weighted by Crippen LogP contribution is -2.03. The smallest absolute Gasteiger partial charge is 0.150 e. The molecule has 0 amide bonds. The largest absolute Gasteiger partial charge is 0.497 e. The van der Waals surface area contributed by atoms with Crippen LogP contribution in [0.15, 0.2) is 97.5 Å². The molecule has 2 heterocycles. The molecule has 0 aliphatic heterocycles. The quantitative estimate of drug-likeness (QED) is 0.392. The molecule has 0 unspecified atom stereocenters. The summed E-state index contributed by atoms with van der Waals surface area (Å²) in [6.45, 7) is 0.654. The monoisotopic (exact) mass is 406 g/mol. The maximum absolute atomic E-state index is 5.26. The molecule has 1 N–H and O–H groups in total. The number of para-hydroxylation sites is 1. The third-order valence-electron chi connectivity index (χ3n) is 5.32. The number of ether oxygens (including phenoxy) is 1. The zero-order valence-corrected chi connectivity index (χ0v) is 17.2. The summed E-state index contributed by atoms with van der Waals surface area (Å²) in [4.78, 5) is 9.23. The number of fused-ring (bicyclic) bond motifs is 1. The Bertz CT molecular complexity index is 1300. The number of rotatable bonds is 6. The van der Waals surface area contributed by atoms with E-state index in [1.54, 1.807) is 13.4 Å². The molecule has 0 spiro atoms. The topological polar surface area (TPSA) is 52.0 Å². The number of methoxy groups -OCH3 is 1. The van der Waals surface area contributed by atoms with Gasteiger partial charge in [-0.3, -0.25) is 0 Å². The predicted octanol–water partition coefficient (Wildman–Crippen LogP) is 5.71. The van der Waals surface area contributed by atoms with Crippen molar-refractivity contribution >= 4 is 16.9 Å². The van der Waals surface area contributed by atoms with Gasteiger partial charge in [-0.25, -0.2) is 9.97 Å². The Kier molecular flexibility index (Phi) is 5.07. The molecular weight excluding hydrogens is 384 g/mol. The lowest BCUT2D eigenvalue weighted by molar-refractivity contribution is 0.414. The van der Waals surface area contributed by atoms with E-state index in [0.717, 1.165) is 45.0 Å². The van der Waals surface area contributed by atoms with Gasteiger partial charge in [-0.2, -0.15) is 0 Å². The Morgan fingerprint density at radius 1 is 0.839 bits per heavy atom. The summed E-state index contributed by atoms with van der Waals surface area (Å²) in [6.07, 6.45) is 3.76. The van der Waals surface area contributed by atoms with Crippen molar-refractivity contribution < 1.29 is 4.74 Å². The molecule has 0 saturated carbocycles. The van der Waals surface area contributed by atoms with Crippen LogP contribution in [0.5, 0.6) is 5.75 Å². The zero-order valence-electron chi connectivity index (χ0n) is 17.2. The lowest BCUT2D eigenvalue weighted by atomic mass is 10.1. The second kappa shape index (κ2) is 8.32. The third-order valence-corrected chi connectivity index (χ3v) is 5.32. The van der Waals surface area contributed by atoms with Crippen molar-refractivity contribution in [2.45, 2.75) is 6.54 Å². The highest BCUT2D eigenvalue weighted by atomic mass is 16.5. The molecule has 0 bridgehead atoms. The molecule has 0 aliphatic carbocycles. The van der Waals surface area contributed by atoms with Gasteiger partial charge in [-0.05, 0) is 35.4 Å². The molecule has 0 atom stereocenters. The number of hydrogen-bond acceptors (Lipinski definition) is 4. The molecule has 152 valence electrons. The van der Waals surface area contributed by atoms with Crippen molar-refractivity contribution in [3.63, 3.8) is 0 Å². The minimum absolute atomic E-state index is 0.654. The van der Waals surface area contributed by atoms with Gasteiger partial charge in [-0.15, -0.1) is 0 Å². The van der Waals surface area contributed by atoms with E-state index in [0.29, 0.717) is 6.54 Å². The van der Waals surface area contributed by atoms with Crippen LogP contribution in [0, 0.1) is 0 Å². The van der Waals surface area contributed by atoms with Gasteiger partial charge < -0.3 is 14.6 Å². The van der Waals surface area contributed by atoms with Gasteiger partial charge in [-0.1, -0.05) is 60.7 Å². The normalized spacial score (nSPS) is 10.9. The van der Waals surface area contributed by atoms with Gasteiger partial charge in [0, 0.05) is 24.0 Å². The van der Waals surface area contributed by atoms with Crippen molar-refractivity contribution in [1.82, 2.24) is 14.5 Å². The van der Waals surface area contributed by atoms with Crippen LogP contribution in [-0.2, 0) is 6.54 Å². The van der Waals surface area contributed by atoms with Crippen LogP contribution in [0.25, 0.3) is 27.8 Å². The fourth-order valence-electron chi connectivity index (χ4n) is 3.75. The molecular formula is C26H22N4O. The standard InChI is InChI=1S/C26H22N4O/c1-31-22-14-12-19(13-15-22)16-27-25-24-23(20-8-4-2-5-9-20)17-30(26(24)29-18-28-25)21-10-6-3-7-11-21/h2-15,17-18H,16H2,1H3,(H,27,28,29). The van der Waals surface area contributed by atoms with Crippen molar-refractivity contribution in [3.8, 4) is 22.6 Å². The number of anilines is 1. The first-order valence-electron chi connectivity index (χ1n) is 10.2. The second-order valence-corrected chi connectivity index (χ2v) is 7.24. The maximum atomic E-state index is 5.26. The average Bonchev–Trinajstić information content (AvgIpc) is 3.24. The Morgan fingerprint density at radius 3 is 2.26 bits per heavy atom. The van der Waals surface area contributed by atoms with Crippen LogP contribution in [0.1, 0.15) is 5.56 Å². The van der Waals surface area contributed by atoms with E-state index >= 15 is 0 Å². The first-order chi connectivity index (χ1) is 15.3. The van der Waals surface area contributed by atoms with E-state index < -0.39 is 0 Å². The van der Waals surface area contributed by atoms with Crippen molar-refractivity contribution in [2.75, 3.05) is 12.4 Å². The Hall–Kier alpha value is -4.12. The number of benzene rings is 3. The molecule has 0 saturated heterocycles. The lowest BCUT2D eigenvalue weighted by Gasteiger charge is -2.09. The molecule has 5 nitrogen and oxygen atoms in total. The van der Waals surface area contributed by atoms with Crippen LogP contribution in [0.2, 0.25) is 0 Å². The van der Waals surface area contributed by atoms with E-state index in [-0.39, 0.29) is 0 Å². The first kappa shape index (κ1) is 18.9. The van der Waals surface area contributed by atoms with Crippen LogP contribution in [0.3, 0.4) is 0 Å². The molecule has 0 aliphatic rings. The summed E-state index contributed by atoms with van der Waals surface area (Å²) >= 11 is 0. The molecule has 3 aromatic carbocycles. The maximum Gasteiger partial charge on any atom is 0.150 e. The van der Waals surface area contributed by atoms with E-state index in [1.165, 1.54) is 0 Å². The van der Waals surface area contributed by atoms with E-state index in [9.17, 15) is 0 Å². The van der Waals surface area contributed by atoms with Gasteiger partial charge in [0.05, 0.1) is 12.5 Å². The fraction of sp³-hybridized carbons (Fsp3) is 0.0769. The highest BCUT2D eigenvalue weighted by Gasteiger charge is 2.17. The van der Waals surface area contributed by atoms with Crippen molar-refractivity contribution in [1.29, 1.82) is 0 Å². The van der Waals surface area contributed by atoms with Crippen LogP contribution in [0.4, 0.5) is 5.82 Å². The minimum atomic E-state index is 0.654. The molecule has 5 heteroatoms. The summed E-state index contributed by atoms with van der Waals surface area (Å²) in [6, 6.07) is 28.7. The number of hydrogen-bond donors (Lipinski definition) is 1. The molecule has 31 heavy (non-hydrogen) atoms. The number of nitrogens with one attached hydrogen (secondary N) is 1. The number of aromatic nitrogens is 3. The summed E-state index contributed by atoms with van der Waals surface area (Å²) in [5.41, 5.74) is 5.31. The molecule has 0 fully saturated rings. The van der Waals surface area contributed by atoms with E-state index in [4.69, 9.17) is 4.74 Å². The van der Waals surface area contributed by atoms with Crippen LogP contribution >= 0.6 is 0 Å². The minimum Gasteiger partial charge on any atom is -0.497 e. The van der Waals surface area contributed by atoms with E-state index in [2.05, 4.69) is 74.6 Å². The van der Waals surface area contributed by atoms with Crippen molar-refractivity contribution in [3.05, 3.63) is 103 Å². The average molecular weight is 406 g/mol. The summed E-state index contributed by atoms with van der Waals surface area (Å²) < 4.78 is 7.38. The van der Waals surface area contributed by atoms with Gasteiger partial charge in [0.1, 0.15) is 17.9 Å². The second-order valence-electron chi connectivity index (χ2n) is 7.24. The summed E-state index contributed by atoms with van der Waals surface area (Å²) in [5.74, 6) is 1.66.